The SMILES string of the molecule is CC1CC2(CC(CN3CCOCC3)OC2=O)C(=O)O1.O. The first-order chi connectivity index (χ1) is 9.10. The van der Waals surface area contributed by atoms with Crippen LogP contribution in [-0.4, -0.2) is 67.4 Å². The molecule has 1 spiro atoms. The van der Waals surface area contributed by atoms with Gasteiger partial charge in [0.1, 0.15) is 12.2 Å². The first-order valence-corrected chi connectivity index (χ1v) is 6.82. The molecule has 0 bridgehead atoms. The van der Waals surface area contributed by atoms with E-state index in [0.29, 0.717) is 32.6 Å². The Labute approximate surface area is 117 Å². The summed E-state index contributed by atoms with van der Waals surface area (Å²) in [4.78, 5) is 26.2. The van der Waals surface area contributed by atoms with Gasteiger partial charge in [0.15, 0.2) is 5.41 Å². The van der Waals surface area contributed by atoms with E-state index in [2.05, 4.69) is 4.90 Å². The summed E-state index contributed by atoms with van der Waals surface area (Å²) in [6.07, 6.45) is 0.502. The Kier molecular flexibility index (Phi) is 4.31. The fourth-order valence-electron chi connectivity index (χ4n) is 3.20. The molecule has 20 heavy (non-hydrogen) atoms. The molecule has 3 aliphatic rings. The molecule has 3 heterocycles. The van der Waals surface area contributed by atoms with Crippen LogP contribution in [-0.2, 0) is 23.8 Å². The molecule has 3 aliphatic heterocycles. The zero-order chi connectivity index (χ0) is 13.5. The third-order valence-corrected chi connectivity index (χ3v) is 4.14. The molecule has 0 radical (unpaired) electrons. The van der Waals surface area contributed by atoms with Crippen LogP contribution in [0, 0.1) is 5.41 Å². The molecule has 0 amide bonds. The number of rotatable bonds is 2. The zero-order valence-electron chi connectivity index (χ0n) is 11.6. The molecule has 0 aliphatic carbocycles. The van der Waals surface area contributed by atoms with E-state index >= 15 is 0 Å². The van der Waals surface area contributed by atoms with Gasteiger partial charge in [0.25, 0.3) is 0 Å². The summed E-state index contributed by atoms with van der Waals surface area (Å²) in [6.45, 7) is 5.62. The average Bonchev–Trinajstić information content (AvgIpc) is 2.82. The molecule has 7 heteroatoms. The second kappa shape index (κ2) is 5.67. The number of carbonyl (C=O) groups excluding carboxylic acids is 2. The maximum absolute atomic E-state index is 12.0. The fourth-order valence-corrected chi connectivity index (χ4v) is 3.20. The quantitative estimate of drug-likeness (QED) is 0.484. The number of hydrogen-bond acceptors (Lipinski definition) is 6. The second-order valence-electron chi connectivity index (χ2n) is 5.65. The summed E-state index contributed by atoms with van der Waals surface area (Å²) in [5, 5.41) is 0. The predicted molar refractivity (Wildman–Crippen MR) is 68.0 cm³/mol. The van der Waals surface area contributed by atoms with E-state index in [-0.39, 0.29) is 17.7 Å². The Morgan fingerprint density at radius 3 is 2.40 bits per heavy atom. The lowest BCUT2D eigenvalue weighted by Crippen LogP contribution is -2.41. The molecule has 114 valence electrons. The van der Waals surface area contributed by atoms with Gasteiger partial charge >= 0.3 is 11.9 Å². The van der Waals surface area contributed by atoms with Crippen molar-refractivity contribution in [2.24, 2.45) is 5.41 Å². The lowest BCUT2D eigenvalue weighted by Gasteiger charge is -2.28. The van der Waals surface area contributed by atoms with Gasteiger partial charge < -0.3 is 19.7 Å². The van der Waals surface area contributed by atoms with Crippen molar-refractivity contribution in [3.63, 3.8) is 0 Å². The molecule has 3 unspecified atom stereocenters. The first-order valence-electron chi connectivity index (χ1n) is 6.82. The van der Waals surface area contributed by atoms with Crippen molar-refractivity contribution in [2.75, 3.05) is 32.8 Å². The molecule has 3 fully saturated rings. The minimum Gasteiger partial charge on any atom is -0.462 e. The second-order valence-corrected chi connectivity index (χ2v) is 5.65. The summed E-state index contributed by atoms with van der Waals surface area (Å²) >= 11 is 0. The summed E-state index contributed by atoms with van der Waals surface area (Å²) in [5.74, 6) is -0.811. The van der Waals surface area contributed by atoms with E-state index in [1.807, 2.05) is 6.92 Å². The molecule has 7 nitrogen and oxygen atoms in total. The Bertz CT molecular complexity index is 394. The van der Waals surface area contributed by atoms with Crippen LogP contribution in [0.4, 0.5) is 0 Å². The number of hydrogen-bond donors (Lipinski definition) is 0. The summed E-state index contributed by atoms with van der Waals surface area (Å²) in [7, 11) is 0. The minimum atomic E-state index is -1.03. The van der Waals surface area contributed by atoms with Crippen LogP contribution in [0.3, 0.4) is 0 Å². The van der Waals surface area contributed by atoms with Crippen molar-refractivity contribution in [1.29, 1.82) is 0 Å². The standard InChI is InChI=1S/C13H19NO5.H2O/c1-9-6-13(11(15)18-9)7-10(19-12(13)16)8-14-2-4-17-5-3-14;/h9-10H,2-8H2,1H3;1H2. The van der Waals surface area contributed by atoms with E-state index in [9.17, 15) is 9.59 Å². The molecule has 2 N–H and O–H groups in total. The lowest BCUT2D eigenvalue weighted by atomic mass is 9.82. The zero-order valence-corrected chi connectivity index (χ0v) is 11.6. The predicted octanol–water partition coefficient (Wildman–Crippen LogP) is -0.869. The highest BCUT2D eigenvalue weighted by molar-refractivity contribution is 6.02. The normalized spacial score (nSPS) is 37.6. The highest BCUT2D eigenvalue weighted by Crippen LogP contribution is 2.44. The van der Waals surface area contributed by atoms with Crippen molar-refractivity contribution < 1.29 is 29.3 Å². The number of carbonyl (C=O) groups is 2. The highest BCUT2D eigenvalue weighted by Gasteiger charge is 2.60. The van der Waals surface area contributed by atoms with E-state index in [4.69, 9.17) is 14.2 Å². The van der Waals surface area contributed by atoms with E-state index in [1.54, 1.807) is 0 Å². The average molecular weight is 287 g/mol. The Balaban J connectivity index is 0.00000147. The van der Waals surface area contributed by atoms with Gasteiger partial charge in [0.05, 0.1) is 13.2 Å². The fraction of sp³-hybridized carbons (Fsp3) is 0.846. The topological polar surface area (TPSA) is 96.6 Å². The molecular formula is C13H21NO6. The van der Waals surface area contributed by atoms with Gasteiger partial charge in [-0.1, -0.05) is 0 Å². The molecule has 0 aromatic rings. The molecule has 3 saturated heterocycles. The molecule has 3 atom stereocenters. The first kappa shape index (κ1) is 15.2. The summed E-state index contributed by atoms with van der Waals surface area (Å²) in [5.41, 5.74) is -1.03. The van der Waals surface area contributed by atoms with Crippen LogP contribution >= 0.6 is 0 Å². The van der Waals surface area contributed by atoms with Crippen molar-refractivity contribution >= 4 is 11.9 Å². The van der Waals surface area contributed by atoms with E-state index < -0.39 is 17.4 Å². The third-order valence-electron chi connectivity index (χ3n) is 4.14. The van der Waals surface area contributed by atoms with E-state index in [1.165, 1.54) is 0 Å². The lowest BCUT2D eigenvalue weighted by molar-refractivity contribution is -0.158. The van der Waals surface area contributed by atoms with Crippen LogP contribution in [0.2, 0.25) is 0 Å². The van der Waals surface area contributed by atoms with Gasteiger partial charge in [0, 0.05) is 32.5 Å². The van der Waals surface area contributed by atoms with Crippen LogP contribution in [0.25, 0.3) is 0 Å². The molecule has 0 aromatic carbocycles. The van der Waals surface area contributed by atoms with Gasteiger partial charge in [-0.25, -0.2) is 0 Å². The third kappa shape index (κ3) is 2.53. The van der Waals surface area contributed by atoms with Crippen molar-refractivity contribution in [3.8, 4) is 0 Å². The van der Waals surface area contributed by atoms with Crippen molar-refractivity contribution in [3.05, 3.63) is 0 Å². The van der Waals surface area contributed by atoms with Crippen molar-refractivity contribution in [1.82, 2.24) is 4.90 Å². The summed E-state index contributed by atoms with van der Waals surface area (Å²) in [6, 6.07) is 0. The number of nitrogens with zero attached hydrogens (tertiary/aromatic N) is 1. The Hall–Kier alpha value is -1.18. The van der Waals surface area contributed by atoms with Crippen molar-refractivity contribution in [2.45, 2.75) is 32.0 Å². The molecule has 0 aromatic heterocycles. The largest absolute Gasteiger partial charge is 0.462 e. The number of cyclic esters (lactones) is 2. The monoisotopic (exact) mass is 287 g/mol. The van der Waals surface area contributed by atoms with Crippen LogP contribution in [0.1, 0.15) is 19.8 Å². The number of morpholine rings is 1. The molecular weight excluding hydrogens is 266 g/mol. The van der Waals surface area contributed by atoms with Gasteiger partial charge in [-0.2, -0.15) is 0 Å². The van der Waals surface area contributed by atoms with Crippen LogP contribution in [0.15, 0.2) is 0 Å². The van der Waals surface area contributed by atoms with Crippen LogP contribution in [0.5, 0.6) is 0 Å². The Morgan fingerprint density at radius 2 is 1.80 bits per heavy atom. The highest BCUT2D eigenvalue weighted by atomic mass is 16.6. The van der Waals surface area contributed by atoms with E-state index in [0.717, 1.165) is 13.1 Å². The van der Waals surface area contributed by atoms with Gasteiger partial charge in [-0.15, -0.1) is 0 Å². The minimum absolute atomic E-state index is 0. The van der Waals surface area contributed by atoms with Gasteiger partial charge in [-0.3, -0.25) is 14.5 Å². The maximum atomic E-state index is 12.0. The summed E-state index contributed by atoms with van der Waals surface area (Å²) < 4.78 is 15.8. The molecule has 0 saturated carbocycles. The number of ether oxygens (including phenoxy) is 3. The van der Waals surface area contributed by atoms with Gasteiger partial charge in [-0.05, 0) is 6.92 Å². The smallest absolute Gasteiger partial charge is 0.324 e. The molecule has 3 rings (SSSR count). The number of esters is 2. The maximum Gasteiger partial charge on any atom is 0.324 e. The van der Waals surface area contributed by atoms with Crippen LogP contribution < -0.4 is 0 Å². The Morgan fingerprint density at radius 1 is 1.15 bits per heavy atom. The van der Waals surface area contributed by atoms with Gasteiger partial charge in [0.2, 0.25) is 0 Å².